The van der Waals surface area contributed by atoms with Gasteiger partial charge in [-0.15, -0.1) is 0 Å². The third-order valence-corrected chi connectivity index (χ3v) is 2.70. The fourth-order valence-electron chi connectivity index (χ4n) is 1.75. The molecule has 2 aromatic carbocycles. The number of nitrogens with two attached hydrogens (primary N) is 1. The summed E-state index contributed by atoms with van der Waals surface area (Å²) in [7, 11) is 1.64. The van der Waals surface area contributed by atoms with Gasteiger partial charge in [-0.3, -0.25) is 0 Å². The number of nitrogens with one attached hydrogen (secondary N) is 1. The van der Waals surface area contributed by atoms with E-state index in [0.29, 0.717) is 0 Å². The molecule has 0 aliphatic rings. The third-order valence-electron chi connectivity index (χ3n) is 2.70. The Bertz CT molecular complexity index is 621. The van der Waals surface area contributed by atoms with Gasteiger partial charge in [0.1, 0.15) is 5.75 Å². The number of ether oxygens (including phenoxy) is 1. The summed E-state index contributed by atoms with van der Waals surface area (Å²) in [6.45, 7) is 0. The fraction of sp³-hybridized carbons (Fsp3) is 0.0667. The number of urea groups is 1. The standard InChI is InChI=1S/C15H15N3O2/c1-20-14-7-5-12(6-8-14)13-4-2-3-11(9-13)10-17-18-15(16)19/h2-10H,1H3,(H3,16,18,19). The highest BCUT2D eigenvalue weighted by Crippen LogP contribution is 2.22. The fourth-order valence-corrected chi connectivity index (χ4v) is 1.75. The molecule has 2 aromatic rings. The van der Waals surface area contributed by atoms with Crippen molar-refractivity contribution in [1.29, 1.82) is 0 Å². The summed E-state index contributed by atoms with van der Waals surface area (Å²) in [6.07, 6.45) is 1.54. The smallest absolute Gasteiger partial charge is 0.332 e. The van der Waals surface area contributed by atoms with Crippen molar-refractivity contribution in [1.82, 2.24) is 5.43 Å². The lowest BCUT2D eigenvalue weighted by Crippen LogP contribution is -2.24. The van der Waals surface area contributed by atoms with Crippen molar-refractivity contribution in [3.8, 4) is 16.9 Å². The van der Waals surface area contributed by atoms with Gasteiger partial charge < -0.3 is 10.5 Å². The molecule has 5 heteroatoms. The number of amides is 2. The van der Waals surface area contributed by atoms with E-state index in [1.165, 1.54) is 6.21 Å². The summed E-state index contributed by atoms with van der Waals surface area (Å²) in [5, 5.41) is 3.73. The van der Waals surface area contributed by atoms with E-state index < -0.39 is 6.03 Å². The average molecular weight is 269 g/mol. The van der Waals surface area contributed by atoms with Gasteiger partial charge in [-0.1, -0.05) is 30.3 Å². The van der Waals surface area contributed by atoms with E-state index in [2.05, 4.69) is 10.5 Å². The number of carbonyl (C=O) groups is 1. The van der Waals surface area contributed by atoms with Crippen molar-refractivity contribution in [2.75, 3.05) is 7.11 Å². The largest absolute Gasteiger partial charge is 0.497 e. The van der Waals surface area contributed by atoms with E-state index >= 15 is 0 Å². The molecule has 0 saturated heterocycles. The molecule has 0 spiro atoms. The van der Waals surface area contributed by atoms with Crippen LogP contribution < -0.4 is 15.9 Å². The Labute approximate surface area is 117 Å². The quantitative estimate of drug-likeness (QED) is 0.660. The van der Waals surface area contributed by atoms with Gasteiger partial charge in [0.15, 0.2) is 0 Å². The van der Waals surface area contributed by atoms with Crippen LogP contribution in [0.5, 0.6) is 5.75 Å². The molecule has 20 heavy (non-hydrogen) atoms. The average Bonchev–Trinajstić information content (AvgIpc) is 2.47. The van der Waals surface area contributed by atoms with Crippen LogP contribution in [0.3, 0.4) is 0 Å². The number of hydrogen-bond donors (Lipinski definition) is 2. The molecule has 3 N–H and O–H groups in total. The minimum absolute atomic E-state index is 0.687. The molecule has 0 heterocycles. The maximum Gasteiger partial charge on any atom is 0.332 e. The second-order valence-electron chi connectivity index (χ2n) is 4.09. The third kappa shape index (κ3) is 3.58. The van der Waals surface area contributed by atoms with Crippen LogP contribution in [0.1, 0.15) is 5.56 Å². The molecule has 2 amide bonds. The molecule has 2 rings (SSSR count). The van der Waals surface area contributed by atoms with Crippen molar-refractivity contribution in [3.63, 3.8) is 0 Å². The van der Waals surface area contributed by atoms with Gasteiger partial charge in [0, 0.05) is 0 Å². The van der Waals surface area contributed by atoms with E-state index in [0.717, 1.165) is 22.4 Å². The first kappa shape index (κ1) is 13.6. The van der Waals surface area contributed by atoms with Crippen LogP contribution in [0.15, 0.2) is 53.6 Å². The zero-order valence-corrected chi connectivity index (χ0v) is 11.0. The molecule has 0 aromatic heterocycles. The normalized spacial score (nSPS) is 10.4. The molecule has 0 fully saturated rings. The Morgan fingerprint density at radius 2 is 1.95 bits per heavy atom. The highest BCUT2D eigenvalue weighted by atomic mass is 16.5. The summed E-state index contributed by atoms with van der Waals surface area (Å²) < 4.78 is 5.13. The number of methoxy groups -OCH3 is 1. The maximum atomic E-state index is 10.5. The number of hydrogen-bond acceptors (Lipinski definition) is 3. The van der Waals surface area contributed by atoms with E-state index in [-0.39, 0.29) is 0 Å². The van der Waals surface area contributed by atoms with Gasteiger partial charge in [-0.25, -0.2) is 10.2 Å². The van der Waals surface area contributed by atoms with Crippen LogP contribution in [0.2, 0.25) is 0 Å². The number of carbonyl (C=O) groups excluding carboxylic acids is 1. The van der Waals surface area contributed by atoms with Crippen LogP contribution in [-0.2, 0) is 0 Å². The first-order chi connectivity index (χ1) is 9.69. The molecule has 0 unspecified atom stereocenters. The summed E-state index contributed by atoms with van der Waals surface area (Å²) in [6, 6.07) is 14.9. The highest BCUT2D eigenvalue weighted by Gasteiger charge is 1.99. The molecule has 0 radical (unpaired) electrons. The van der Waals surface area contributed by atoms with E-state index in [1.807, 2.05) is 48.5 Å². The molecular formula is C15H15N3O2. The maximum absolute atomic E-state index is 10.5. The Hall–Kier alpha value is -2.82. The SMILES string of the molecule is COc1ccc(-c2cccc(C=NNC(N)=O)c2)cc1. The number of nitrogens with zero attached hydrogens (tertiary/aromatic N) is 1. The Balaban J connectivity index is 2.20. The van der Waals surface area contributed by atoms with E-state index in [4.69, 9.17) is 10.5 Å². The lowest BCUT2D eigenvalue weighted by Gasteiger charge is -2.04. The molecule has 102 valence electrons. The van der Waals surface area contributed by atoms with Crippen molar-refractivity contribution in [2.45, 2.75) is 0 Å². The topological polar surface area (TPSA) is 76.7 Å². The molecule has 5 nitrogen and oxygen atoms in total. The molecule has 0 aliphatic carbocycles. The van der Waals surface area contributed by atoms with Crippen LogP contribution in [0.25, 0.3) is 11.1 Å². The van der Waals surface area contributed by atoms with E-state index in [1.54, 1.807) is 7.11 Å². The van der Waals surface area contributed by atoms with Crippen LogP contribution in [-0.4, -0.2) is 19.4 Å². The van der Waals surface area contributed by atoms with Gasteiger partial charge >= 0.3 is 6.03 Å². The Morgan fingerprint density at radius 3 is 2.60 bits per heavy atom. The predicted octanol–water partition coefficient (Wildman–Crippen LogP) is 2.36. The molecule has 0 bridgehead atoms. The number of primary amides is 1. The zero-order valence-electron chi connectivity index (χ0n) is 11.0. The summed E-state index contributed by atoms with van der Waals surface area (Å²) in [4.78, 5) is 10.5. The zero-order chi connectivity index (χ0) is 14.4. The second-order valence-corrected chi connectivity index (χ2v) is 4.09. The van der Waals surface area contributed by atoms with Crippen molar-refractivity contribution in [3.05, 3.63) is 54.1 Å². The van der Waals surface area contributed by atoms with Crippen molar-refractivity contribution >= 4 is 12.2 Å². The lowest BCUT2D eigenvalue weighted by molar-refractivity contribution is 0.249. The van der Waals surface area contributed by atoms with Gasteiger partial charge in [-0.05, 0) is 34.9 Å². The molecule has 0 atom stereocenters. The minimum atomic E-state index is -0.687. The highest BCUT2D eigenvalue weighted by molar-refractivity contribution is 5.83. The van der Waals surface area contributed by atoms with Gasteiger partial charge in [-0.2, -0.15) is 5.10 Å². The van der Waals surface area contributed by atoms with Gasteiger partial charge in [0.25, 0.3) is 0 Å². The molecule has 0 aliphatic heterocycles. The number of benzene rings is 2. The van der Waals surface area contributed by atoms with Crippen LogP contribution in [0, 0.1) is 0 Å². The van der Waals surface area contributed by atoms with E-state index in [9.17, 15) is 4.79 Å². The van der Waals surface area contributed by atoms with Gasteiger partial charge in [0.05, 0.1) is 13.3 Å². The Kier molecular flexibility index (Phi) is 4.34. The number of hydrazone groups is 1. The molecular weight excluding hydrogens is 254 g/mol. The second kappa shape index (κ2) is 6.38. The van der Waals surface area contributed by atoms with Crippen molar-refractivity contribution < 1.29 is 9.53 Å². The summed E-state index contributed by atoms with van der Waals surface area (Å²) >= 11 is 0. The minimum Gasteiger partial charge on any atom is -0.497 e. The predicted molar refractivity (Wildman–Crippen MR) is 78.7 cm³/mol. The van der Waals surface area contributed by atoms with Gasteiger partial charge in [0.2, 0.25) is 0 Å². The number of rotatable bonds is 4. The first-order valence-electron chi connectivity index (χ1n) is 6.02. The molecule has 0 saturated carbocycles. The Morgan fingerprint density at radius 1 is 1.20 bits per heavy atom. The first-order valence-corrected chi connectivity index (χ1v) is 6.02. The monoisotopic (exact) mass is 269 g/mol. The summed E-state index contributed by atoms with van der Waals surface area (Å²) in [5.41, 5.74) is 10.1. The van der Waals surface area contributed by atoms with Crippen LogP contribution >= 0.6 is 0 Å². The van der Waals surface area contributed by atoms with Crippen LogP contribution in [0.4, 0.5) is 4.79 Å². The summed E-state index contributed by atoms with van der Waals surface area (Å²) in [5.74, 6) is 0.817. The van der Waals surface area contributed by atoms with Crippen molar-refractivity contribution in [2.24, 2.45) is 10.8 Å². The lowest BCUT2D eigenvalue weighted by atomic mass is 10.0.